The zero-order chi connectivity index (χ0) is 11.3. The fourth-order valence-corrected chi connectivity index (χ4v) is 1.55. The zero-order valence-corrected chi connectivity index (χ0v) is 9.36. The number of rotatable bonds is 5. The Hall–Kier alpha value is -1.22. The fourth-order valence-electron chi connectivity index (χ4n) is 1.55. The number of nitrogens with two attached hydrogens (primary N) is 1. The van der Waals surface area contributed by atoms with E-state index < -0.39 is 5.54 Å². The molecule has 0 aliphatic carbocycles. The van der Waals surface area contributed by atoms with Crippen LogP contribution >= 0.6 is 0 Å². The maximum atomic E-state index is 11.9. The van der Waals surface area contributed by atoms with Crippen LogP contribution in [-0.2, 0) is 11.2 Å². The predicted octanol–water partition coefficient (Wildman–Crippen LogP) is 1.71. The molecule has 1 heterocycles. The number of aromatic nitrogens is 1. The molecule has 1 atom stereocenters. The maximum Gasteiger partial charge on any atom is 0.156 e. The largest absolute Gasteiger partial charge is 0.319 e. The van der Waals surface area contributed by atoms with Crippen molar-refractivity contribution in [3.05, 3.63) is 30.1 Å². The van der Waals surface area contributed by atoms with Crippen LogP contribution in [0.4, 0.5) is 0 Å². The summed E-state index contributed by atoms with van der Waals surface area (Å²) in [6.07, 6.45) is 5.44. The molecule has 0 spiro atoms. The summed E-state index contributed by atoms with van der Waals surface area (Å²) in [5, 5.41) is 0. The van der Waals surface area contributed by atoms with Crippen molar-refractivity contribution in [2.24, 2.45) is 5.73 Å². The summed E-state index contributed by atoms with van der Waals surface area (Å²) in [5.74, 6) is 0.0931. The van der Waals surface area contributed by atoms with E-state index in [-0.39, 0.29) is 5.78 Å². The van der Waals surface area contributed by atoms with Gasteiger partial charge in [0, 0.05) is 18.8 Å². The van der Waals surface area contributed by atoms with E-state index in [1.807, 2.05) is 19.1 Å². The summed E-state index contributed by atoms with van der Waals surface area (Å²) in [6.45, 7) is 3.84. The van der Waals surface area contributed by atoms with Crippen molar-refractivity contribution in [3.8, 4) is 0 Å². The van der Waals surface area contributed by atoms with Crippen LogP contribution in [0.1, 0.15) is 32.3 Å². The first-order chi connectivity index (χ1) is 7.06. The SMILES string of the molecule is CCCC(C)(N)C(=O)Cc1ccncc1. The highest BCUT2D eigenvalue weighted by atomic mass is 16.1. The van der Waals surface area contributed by atoms with E-state index in [1.54, 1.807) is 19.3 Å². The molecule has 15 heavy (non-hydrogen) atoms. The number of hydrogen-bond acceptors (Lipinski definition) is 3. The second kappa shape index (κ2) is 5.03. The first kappa shape index (κ1) is 11.9. The third-order valence-electron chi connectivity index (χ3n) is 2.52. The second-order valence-electron chi connectivity index (χ2n) is 4.12. The highest BCUT2D eigenvalue weighted by Crippen LogP contribution is 2.13. The molecule has 82 valence electrons. The van der Waals surface area contributed by atoms with E-state index in [0.717, 1.165) is 18.4 Å². The Kier molecular flexibility index (Phi) is 3.97. The molecule has 1 aromatic heterocycles. The van der Waals surface area contributed by atoms with E-state index in [0.29, 0.717) is 6.42 Å². The van der Waals surface area contributed by atoms with E-state index in [2.05, 4.69) is 4.98 Å². The van der Waals surface area contributed by atoms with Gasteiger partial charge in [0.1, 0.15) is 0 Å². The maximum absolute atomic E-state index is 11.9. The number of carbonyl (C=O) groups is 1. The highest BCUT2D eigenvalue weighted by molar-refractivity contribution is 5.89. The van der Waals surface area contributed by atoms with Crippen LogP contribution in [0.25, 0.3) is 0 Å². The van der Waals surface area contributed by atoms with E-state index in [4.69, 9.17) is 5.73 Å². The van der Waals surface area contributed by atoms with Crippen LogP contribution in [0.2, 0.25) is 0 Å². The van der Waals surface area contributed by atoms with Crippen LogP contribution in [0, 0.1) is 0 Å². The molecular formula is C12H18N2O. The van der Waals surface area contributed by atoms with Crippen LogP contribution in [0.15, 0.2) is 24.5 Å². The highest BCUT2D eigenvalue weighted by Gasteiger charge is 2.26. The zero-order valence-electron chi connectivity index (χ0n) is 9.36. The van der Waals surface area contributed by atoms with Gasteiger partial charge in [-0.1, -0.05) is 13.3 Å². The molecule has 0 aliphatic heterocycles. The van der Waals surface area contributed by atoms with Crippen LogP contribution in [-0.4, -0.2) is 16.3 Å². The smallest absolute Gasteiger partial charge is 0.156 e. The topological polar surface area (TPSA) is 56.0 Å². The molecular weight excluding hydrogens is 188 g/mol. The van der Waals surface area contributed by atoms with Crippen molar-refractivity contribution in [1.82, 2.24) is 4.98 Å². The molecule has 3 heteroatoms. The third-order valence-corrected chi connectivity index (χ3v) is 2.52. The number of pyridine rings is 1. The second-order valence-corrected chi connectivity index (χ2v) is 4.12. The summed E-state index contributed by atoms with van der Waals surface area (Å²) in [4.78, 5) is 15.8. The van der Waals surface area contributed by atoms with Gasteiger partial charge in [0.05, 0.1) is 5.54 Å². The Morgan fingerprint density at radius 3 is 2.60 bits per heavy atom. The van der Waals surface area contributed by atoms with Gasteiger partial charge in [-0.3, -0.25) is 9.78 Å². The minimum Gasteiger partial charge on any atom is -0.319 e. The van der Waals surface area contributed by atoms with Gasteiger partial charge in [0.15, 0.2) is 5.78 Å². The molecule has 0 saturated carbocycles. The van der Waals surface area contributed by atoms with Gasteiger partial charge >= 0.3 is 0 Å². The summed E-state index contributed by atoms with van der Waals surface area (Å²) in [5.41, 5.74) is 6.23. The number of hydrogen-bond donors (Lipinski definition) is 1. The summed E-state index contributed by atoms with van der Waals surface area (Å²) >= 11 is 0. The van der Waals surface area contributed by atoms with Crippen LogP contribution in [0.3, 0.4) is 0 Å². The molecule has 0 amide bonds. The average molecular weight is 206 g/mol. The van der Waals surface area contributed by atoms with Gasteiger partial charge in [0.2, 0.25) is 0 Å². The molecule has 0 radical (unpaired) electrons. The van der Waals surface area contributed by atoms with Gasteiger partial charge in [-0.05, 0) is 31.0 Å². The molecule has 1 aromatic rings. The minimum atomic E-state index is -0.696. The summed E-state index contributed by atoms with van der Waals surface area (Å²) in [6, 6.07) is 3.69. The Balaban J connectivity index is 2.63. The molecule has 1 rings (SSSR count). The number of Topliss-reactive ketones (excluding diaryl/α,β-unsaturated/α-hetero) is 1. The van der Waals surface area contributed by atoms with E-state index in [1.165, 1.54) is 0 Å². The normalized spacial score (nSPS) is 14.6. The lowest BCUT2D eigenvalue weighted by molar-refractivity contribution is -0.123. The number of ketones is 1. The molecule has 3 nitrogen and oxygen atoms in total. The summed E-state index contributed by atoms with van der Waals surface area (Å²) < 4.78 is 0. The molecule has 2 N–H and O–H groups in total. The monoisotopic (exact) mass is 206 g/mol. The molecule has 0 bridgehead atoms. The van der Waals surface area contributed by atoms with Crippen molar-refractivity contribution in [1.29, 1.82) is 0 Å². The Labute approximate surface area is 90.7 Å². The quantitative estimate of drug-likeness (QED) is 0.798. The van der Waals surface area contributed by atoms with E-state index in [9.17, 15) is 4.79 Å². The van der Waals surface area contributed by atoms with Crippen molar-refractivity contribution in [3.63, 3.8) is 0 Å². The average Bonchev–Trinajstić information content (AvgIpc) is 2.19. The van der Waals surface area contributed by atoms with Gasteiger partial charge in [-0.15, -0.1) is 0 Å². The van der Waals surface area contributed by atoms with Gasteiger partial charge in [0.25, 0.3) is 0 Å². The van der Waals surface area contributed by atoms with Crippen molar-refractivity contribution in [2.75, 3.05) is 0 Å². The first-order valence-electron chi connectivity index (χ1n) is 5.27. The predicted molar refractivity (Wildman–Crippen MR) is 60.4 cm³/mol. The lowest BCUT2D eigenvalue weighted by Gasteiger charge is -2.22. The van der Waals surface area contributed by atoms with E-state index >= 15 is 0 Å². The molecule has 0 fully saturated rings. The molecule has 1 unspecified atom stereocenters. The first-order valence-corrected chi connectivity index (χ1v) is 5.27. The van der Waals surface area contributed by atoms with Gasteiger partial charge in [-0.25, -0.2) is 0 Å². The fraction of sp³-hybridized carbons (Fsp3) is 0.500. The van der Waals surface area contributed by atoms with Crippen LogP contribution in [0.5, 0.6) is 0 Å². The standard InChI is InChI=1S/C12H18N2O/c1-3-6-12(2,13)11(15)9-10-4-7-14-8-5-10/h4-5,7-8H,3,6,9,13H2,1-2H3. The lowest BCUT2D eigenvalue weighted by Crippen LogP contribution is -2.45. The summed E-state index contributed by atoms with van der Waals surface area (Å²) in [7, 11) is 0. The lowest BCUT2D eigenvalue weighted by atomic mass is 9.89. The third kappa shape index (κ3) is 3.44. The molecule has 0 aliphatic rings. The Bertz CT molecular complexity index is 320. The van der Waals surface area contributed by atoms with Crippen molar-refractivity contribution in [2.45, 2.75) is 38.6 Å². The van der Waals surface area contributed by atoms with Crippen LogP contribution < -0.4 is 5.73 Å². The van der Waals surface area contributed by atoms with Gasteiger partial charge < -0.3 is 5.73 Å². The van der Waals surface area contributed by atoms with Crippen molar-refractivity contribution < 1.29 is 4.79 Å². The Morgan fingerprint density at radius 2 is 2.07 bits per heavy atom. The van der Waals surface area contributed by atoms with Crippen molar-refractivity contribution >= 4 is 5.78 Å². The number of carbonyl (C=O) groups excluding carboxylic acids is 1. The molecule has 0 aromatic carbocycles. The Morgan fingerprint density at radius 1 is 1.47 bits per heavy atom. The number of nitrogens with zero attached hydrogens (tertiary/aromatic N) is 1. The van der Waals surface area contributed by atoms with Gasteiger partial charge in [-0.2, -0.15) is 0 Å². The molecule has 0 saturated heterocycles. The minimum absolute atomic E-state index is 0.0931.